The number of ether oxygens (including phenoxy) is 1. The fraction of sp³-hybridized carbons (Fsp3) is 0.278. The van der Waals surface area contributed by atoms with E-state index in [0.29, 0.717) is 12.1 Å². The summed E-state index contributed by atoms with van der Waals surface area (Å²) in [6, 6.07) is 11.7. The molecule has 4 heteroatoms. The van der Waals surface area contributed by atoms with Gasteiger partial charge in [0.1, 0.15) is 11.6 Å². The van der Waals surface area contributed by atoms with Crippen molar-refractivity contribution >= 4 is 5.91 Å². The van der Waals surface area contributed by atoms with Gasteiger partial charge in [-0.2, -0.15) is 0 Å². The van der Waals surface area contributed by atoms with Crippen LogP contribution >= 0.6 is 0 Å². The number of hydrogen-bond acceptors (Lipinski definition) is 2. The monoisotopic (exact) mass is 299 g/mol. The highest BCUT2D eigenvalue weighted by molar-refractivity contribution is 5.94. The highest BCUT2D eigenvalue weighted by Gasteiger charge is 2.28. The molecule has 1 unspecified atom stereocenters. The molecule has 0 bridgehead atoms. The summed E-state index contributed by atoms with van der Waals surface area (Å²) < 4.78 is 18.3. The first-order valence-corrected chi connectivity index (χ1v) is 7.33. The molecular weight excluding hydrogens is 281 g/mol. The van der Waals surface area contributed by atoms with Crippen LogP contribution in [0.1, 0.15) is 34.5 Å². The van der Waals surface area contributed by atoms with Crippen molar-refractivity contribution in [2.45, 2.75) is 19.4 Å². The zero-order valence-electron chi connectivity index (χ0n) is 12.7. The highest BCUT2D eigenvalue weighted by Crippen LogP contribution is 2.33. The Morgan fingerprint density at radius 3 is 2.64 bits per heavy atom. The summed E-state index contributed by atoms with van der Waals surface area (Å²) in [6.07, 6.45) is 0.816. The third kappa shape index (κ3) is 2.56. The van der Waals surface area contributed by atoms with Gasteiger partial charge in [0.15, 0.2) is 0 Å². The molecule has 3 rings (SSSR count). The zero-order chi connectivity index (χ0) is 15.7. The maximum absolute atomic E-state index is 13.0. The second-order valence-electron chi connectivity index (χ2n) is 5.50. The Bertz CT molecular complexity index is 697. The number of hydrogen-bond donors (Lipinski definition) is 0. The smallest absolute Gasteiger partial charge is 0.254 e. The summed E-state index contributed by atoms with van der Waals surface area (Å²) in [6.45, 7) is 2.68. The zero-order valence-corrected chi connectivity index (χ0v) is 12.7. The first-order chi connectivity index (χ1) is 10.6. The number of benzene rings is 2. The number of methoxy groups -OCH3 is 1. The number of carbonyl (C=O) groups excluding carboxylic acids is 1. The Morgan fingerprint density at radius 1 is 1.23 bits per heavy atom. The maximum Gasteiger partial charge on any atom is 0.254 e. The Morgan fingerprint density at radius 2 is 1.95 bits per heavy atom. The van der Waals surface area contributed by atoms with E-state index in [9.17, 15) is 9.18 Å². The lowest BCUT2D eigenvalue weighted by Gasteiger charge is -2.35. The van der Waals surface area contributed by atoms with E-state index in [1.54, 1.807) is 7.11 Å². The number of fused-ring (bicyclic) bond motifs is 1. The van der Waals surface area contributed by atoms with Crippen LogP contribution in [0.5, 0.6) is 5.75 Å². The average molecular weight is 299 g/mol. The molecule has 1 aliphatic rings. The van der Waals surface area contributed by atoms with Crippen molar-refractivity contribution in [2.24, 2.45) is 0 Å². The molecule has 0 aromatic heterocycles. The van der Waals surface area contributed by atoms with Crippen molar-refractivity contribution in [1.29, 1.82) is 0 Å². The van der Waals surface area contributed by atoms with E-state index in [0.717, 1.165) is 17.7 Å². The van der Waals surface area contributed by atoms with Crippen molar-refractivity contribution in [2.75, 3.05) is 13.7 Å². The topological polar surface area (TPSA) is 29.5 Å². The Labute approximate surface area is 129 Å². The van der Waals surface area contributed by atoms with Crippen LogP contribution in [0.2, 0.25) is 0 Å². The van der Waals surface area contributed by atoms with Gasteiger partial charge in [0, 0.05) is 12.1 Å². The van der Waals surface area contributed by atoms with Gasteiger partial charge >= 0.3 is 0 Å². The van der Waals surface area contributed by atoms with Gasteiger partial charge in [0.25, 0.3) is 5.91 Å². The van der Waals surface area contributed by atoms with E-state index >= 15 is 0 Å². The van der Waals surface area contributed by atoms with Gasteiger partial charge in [-0.15, -0.1) is 0 Å². The molecule has 2 aromatic rings. The number of rotatable bonds is 2. The van der Waals surface area contributed by atoms with E-state index < -0.39 is 0 Å². The molecule has 0 spiro atoms. The van der Waals surface area contributed by atoms with Crippen molar-refractivity contribution in [3.63, 3.8) is 0 Å². The van der Waals surface area contributed by atoms with E-state index in [4.69, 9.17) is 4.74 Å². The second kappa shape index (κ2) is 5.79. The van der Waals surface area contributed by atoms with Crippen molar-refractivity contribution < 1.29 is 13.9 Å². The summed E-state index contributed by atoms with van der Waals surface area (Å²) in [5.41, 5.74) is 2.87. The van der Waals surface area contributed by atoms with Crippen LogP contribution in [0.25, 0.3) is 0 Å². The van der Waals surface area contributed by atoms with E-state index in [-0.39, 0.29) is 17.8 Å². The molecule has 0 N–H and O–H groups in total. The molecule has 22 heavy (non-hydrogen) atoms. The van der Waals surface area contributed by atoms with Gasteiger partial charge in [-0.1, -0.05) is 6.07 Å². The molecule has 0 radical (unpaired) electrons. The van der Waals surface area contributed by atoms with E-state index in [1.807, 2.05) is 24.0 Å². The fourth-order valence-electron chi connectivity index (χ4n) is 2.95. The van der Waals surface area contributed by atoms with Crippen molar-refractivity contribution in [3.05, 3.63) is 65.0 Å². The number of halogens is 1. The fourth-order valence-corrected chi connectivity index (χ4v) is 2.95. The lowest BCUT2D eigenvalue weighted by Crippen LogP contribution is -2.38. The normalized spacial score (nSPS) is 17.0. The SMILES string of the molecule is COc1ccc2c(c1)C(C)N(C(=O)c1ccc(F)cc1)CC2. The first-order valence-electron chi connectivity index (χ1n) is 7.33. The molecular formula is C18H18FNO2. The van der Waals surface area contributed by atoms with Gasteiger partial charge in [0.05, 0.1) is 13.2 Å². The molecule has 114 valence electrons. The van der Waals surface area contributed by atoms with Crippen LogP contribution in [0.15, 0.2) is 42.5 Å². The first kappa shape index (κ1) is 14.6. The predicted molar refractivity (Wildman–Crippen MR) is 82.5 cm³/mol. The lowest BCUT2D eigenvalue weighted by molar-refractivity contribution is 0.0677. The van der Waals surface area contributed by atoms with Crippen LogP contribution in [-0.4, -0.2) is 24.5 Å². The summed E-state index contributed by atoms with van der Waals surface area (Å²) >= 11 is 0. The molecule has 3 nitrogen and oxygen atoms in total. The Kier molecular flexibility index (Phi) is 3.84. The molecule has 1 amide bonds. The van der Waals surface area contributed by atoms with Crippen molar-refractivity contribution in [3.8, 4) is 5.75 Å². The molecule has 1 aliphatic heterocycles. The summed E-state index contributed by atoms with van der Waals surface area (Å²) in [7, 11) is 1.64. The molecule has 2 aromatic carbocycles. The average Bonchev–Trinajstić information content (AvgIpc) is 2.55. The lowest BCUT2D eigenvalue weighted by atomic mass is 9.92. The van der Waals surface area contributed by atoms with Gasteiger partial charge in [-0.25, -0.2) is 4.39 Å². The van der Waals surface area contributed by atoms with Crippen molar-refractivity contribution in [1.82, 2.24) is 4.90 Å². The standard InChI is InChI=1S/C18H18FNO2/c1-12-17-11-16(22-2)8-5-13(17)9-10-20(12)18(21)14-3-6-15(19)7-4-14/h3-8,11-12H,9-10H2,1-2H3. The molecule has 1 atom stereocenters. The minimum absolute atomic E-state index is 0.0311. The number of carbonyl (C=O) groups is 1. The predicted octanol–water partition coefficient (Wildman–Crippen LogP) is 3.59. The molecule has 0 fully saturated rings. The molecule has 0 aliphatic carbocycles. The minimum atomic E-state index is -0.335. The van der Waals surface area contributed by atoms with Crippen LogP contribution in [0, 0.1) is 5.82 Å². The van der Waals surface area contributed by atoms with Crippen LogP contribution in [0.3, 0.4) is 0 Å². The minimum Gasteiger partial charge on any atom is -0.497 e. The quantitative estimate of drug-likeness (QED) is 0.848. The summed E-state index contributed by atoms with van der Waals surface area (Å²) in [5.74, 6) is 0.390. The Hall–Kier alpha value is -2.36. The molecule has 0 saturated heterocycles. The summed E-state index contributed by atoms with van der Waals surface area (Å²) in [5, 5.41) is 0. The van der Waals surface area contributed by atoms with E-state index in [2.05, 4.69) is 6.07 Å². The van der Waals surface area contributed by atoms with Gasteiger partial charge < -0.3 is 9.64 Å². The second-order valence-corrected chi connectivity index (χ2v) is 5.50. The van der Waals surface area contributed by atoms with Crippen LogP contribution < -0.4 is 4.74 Å². The highest BCUT2D eigenvalue weighted by atomic mass is 19.1. The summed E-state index contributed by atoms with van der Waals surface area (Å²) in [4.78, 5) is 14.5. The van der Waals surface area contributed by atoms with Crippen LogP contribution in [0.4, 0.5) is 4.39 Å². The Balaban J connectivity index is 1.89. The van der Waals surface area contributed by atoms with Gasteiger partial charge in [-0.3, -0.25) is 4.79 Å². The van der Waals surface area contributed by atoms with Gasteiger partial charge in [-0.05, 0) is 60.9 Å². The number of amides is 1. The van der Waals surface area contributed by atoms with E-state index in [1.165, 1.54) is 29.8 Å². The maximum atomic E-state index is 13.0. The van der Waals surface area contributed by atoms with Crippen LogP contribution in [-0.2, 0) is 6.42 Å². The third-order valence-electron chi connectivity index (χ3n) is 4.24. The molecule has 0 saturated carbocycles. The molecule has 1 heterocycles. The third-order valence-corrected chi connectivity index (χ3v) is 4.24. The number of nitrogens with zero attached hydrogens (tertiary/aromatic N) is 1. The largest absolute Gasteiger partial charge is 0.497 e. The van der Waals surface area contributed by atoms with Gasteiger partial charge in [0.2, 0.25) is 0 Å².